The highest BCUT2D eigenvalue weighted by Gasteiger charge is 2.14. The van der Waals surface area contributed by atoms with Gasteiger partial charge in [-0.3, -0.25) is 4.57 Å². The fraction of sp³-hybridized carbons (Fsp3) is 0.700. The van der Waals surface area contributed by atoms with Gasteiger partial charge in [-0.15, -0.1) is 5.25 Å². The minimum Gasteiger partial charge on any atom is -0.493 e. The van der Waals surface area contributed by atoms with E-state index in [2.05, 4.69) is 0 Å². The van der Waals surface area contributed by atoms with Gasteiger partial charge in [0.25, 0.3) is 7.52 Å². The molecule has 1 aromatic rings. The molecule has 0 saturated carbocycles. The highest BCUT2D eigenvalue weighted by atomic mass is 31.2. The molecule has 8 heteroatoms. The average molecular weight is 419 g/mol. The topological polar surface area (TPSA) is 88.0 Å². The highest BCUT2D eigenvalue weighted by Crippen LogP contribution is 2.35. The molecule has 0 spiro atoms. The fourth-order valence-electron chi connectivity index (χ4n) is 2.96. The zero-order valence-electron chi connectivity index (χ0n) is 17.1. The Balaban J connectivity index is 2.02. The van der Waals surface area contributed by atoms with Crippen LogP contribution < -0.4 is 14.7 Å². The van der Waals surface area contributed by atoms with Gasteiger partial charge in [0, 0.05) is 11.7 Å². The first kappa shape index (κ1) is 24.9. The predicted molar refractivity (Wildman–Crippen MR) is 109 cm³/mol. The summed E-state index contributed by atoms with van der Waals surface area (Å²) in [4.78, 5) is 9.16. The van der Waals surface area contributed by atoms with E-state index in [0.29, 0.717) is 30.9 Å². The van der Waals surface area contributed by atoms with E-state index in [4.69, 9.17) is 19.6 Å². The van der Waals surface area contributed by atoms with Gasteiger partial charge in [-0.1, -0.05) is 44.9 Å². The van der Waals surface area contributed by atoms with Gasteiger partial charge < -0.3 is 19.6 Å². The van der Waals surface area contributed by atoms with Gasteiger partial charge in [-0.25, -0.2) is 4.39 Å². The number of nitrogens with one attached hydrogen (secondary N) is 1. The Morgan fingerprint density at radius 2 is 1.50 bits per heavy atom. The summed E-state index contributed by atoms with van der Waals surface area (Å²) in [5.41, 5.74) is 0.485. The quantitative estimate of drug-likeness (QED) is 0.184. The molecule has 0 aliphatic heterocycles. The molecule has 1 atom stereocenters. The second kappa shape index (κ2) is 13.9. The molecule has 0 fully saturated rings. The maximum absolute atomic E-state index is 14.1. The lowest BCUT2D eigenvalue weighted by Gasteiger charge is -2.12. The summed E-state index contributed by atoms with van der Waals surface area (Å²) in [6.07, 6.45) is 9.28. The van der Waals surface area contributed by atoms with Crippen LogP contribution >= 0.6 is 7.52 Å². The molecule has 0 saturated heterocycles. The third kappa shape index (κ3) is 9.87. The van der Waals surface area contributed by atoms with Crippen molar-refractivity contribution < 1.29 is 28.5 Å². The van der Waals surface area contributed by atoms with Crippen molar-refractivity contribution in [2.75, 3.05) is 19.4 Å². The second-order valence-electron chi connectivity index (χ2n) is 6.99. The molecule has 162 valence electrons. The van der Waals surface area contributed by atoms with E-state index >= 15 is 0 Å². The van der Waals surface area contributed by atoms with Crippen molar-refractivity contribution in [2.24, 2.45) is 0 Å². The monoisotopic (exact) mass is 419 g/mol. The van der Waals surface area contributed by atoms with Crippen LogP contribution in [0.3, 0.4) is 0 Å². The van der Waals surface area contributed by atoms with Crippen LogP contribution in [-0.4, -0.2) is 29.5 Å². The Bertz CT molecular complexity index is 615. The first-order chi connectivity index (χ1) is 13.4. The highest BCUT2D eigenvalue weighted by molar-refractivity contribution is 7.55. The number of ether oxygens (including phenoxy) is 2. The zero-order chi connectivity index (χ0) is 20.8. The van der Waals surface area contributed by atoms with E-state index < -0.39 is 7.52 Å². The third-order valence-corrected chi connectivity index (χ3v) is 5.86. The van der Waals surface area contributed by atoms with Crippen LogP contribution in [-0.2, 0) is 4.57 Å². The number of unbranched alkanes of at least 4 members (excludes halogenated alkanes) is 8. The Morgan fingerprint density at radius 1 is 0.964 bits per heavy atom. The van der Waals surface area contributed by atoms with Crippen molar-refractivity contribution in [1.82, 2.24) is 5.25 Å². The normalized spacial score (nSPS) is 13.3. The van der Waals surface area contributed by atoms with Crippen molar-refractivity contribution in [3.05, 3.63) is 23.5 Å². The van der Waals surface area contributed by atoms with E-state index in [1.165, 1.54) is 5.25 Å². The molecule has 1 rings (SSSR count). The maximum Gasteiger partial charge on any atom is 0.289 e. The van der Waals surface area contributed by atoms with Crippen molar-refractivity contribution >= 4 is 7.52 Å². The lowest BCUT2D eigenvalue weighted by Crippen LogP contribution is -2.06. The predicted octanol–water partition coefficient (Wildman–Crippen LogP) is 5.59. The van der Waals surface area contributed by atoms with Crippen LogP contribution in [0.4, 0.5) is 4.39 Å². The number of rotatable bonds is 16. The van der Waals surface area contributed by atoms with Gasteiger partial charge in [0.2, 0.25) is 0 Å². The lowest BCUT2D eigenvalue weighted by molar-refractivity contribution is 0.222. The summed E-state index contributed by atoms with van der Waals surface area (Å²) in [7, 11) is -3.52. The summed E-state index contributed by atoms with van der Waals surface area (Å²) in [5.74, 6) is 0.487. The summed E-state index contributed by atoms with van der Waals surface area (Å²) >= 11 is 0. The maximum atomic E-state index is 14.1. The van der Waals surface area contributed by atoms with Gasteiger partial charge in [-0.05, 0) is 38.8 Å². The number of hydrogen-bond acceptors (Lipinski definition) is 4. The SMILES string of the molecule is CCOc1ccc(OCCCCCCCCCCCP(=O)(O)NO)c(C)c1F. The molecule has 0 bridgehead atoms. The van der Waals surface area contributed by atoms with E-state index in [1.54, 1.807) is 19.1 Å². The molecule has 0 aromatic heterocycles. The molecule has 28 heavy (non-hydrogen) atoms. The number of halogens is 1. The fourth-order valence-corrected chi connectivity index (χ4v) is 3.72. The molecule has 0 aliphatic rings. The molecule has 6 nitrogen and oxygen atoms in total. The Morgan fingerprint density at radius 3 is 2.07 bits per heavy atom. The minimum atomic E-state index is -3.52. The molecule has 0 aliphatic carbocycles. The second-order valence-corrected chi connectivity index (χ2v) is 9.04. The first-order valence-corrected chi connectivity index (χ1v) is 12.0. The minimum absolute atomic E-state index is 0.112. The van der Waals surface area contributed by atoms with Crippen LogP contribution in [0.25, 0.3) is 0 Å². The van der Waals surface area contributed by atoms with Crippen molar-refractivity contribution in [3.8, 4) is 11.5 Å². The Kier molecular flexibility index (Phi) is 12.4. The molecule has 0 radical (unpaired) electrons. The van der Waals surface area contributed by atoms with Crippen LogP contribution in [0, 0.1) is 12.7 Å². The zero-order valence-corrected chi connectivity index (χ0v) is 18.0. The van der Waals surface area contributed by atoms with Gasteiger partial charge in [-0.2, -0.15) is 0 Å². The number of benzene rings is 1. The summed E-state index contributed by atoms with van der Waals surface area (Å²) in [6, 6.07) is 3.37. The molecule has 0 amide bonds. The molecule has 0 heterocycles. The molecular formula is C20H35FNO5P. The van der Waals surface area contributed by atoms with Crippen LogP contribution in [0.15, 0.2) is 12.1 Å². The Labute approximate surface area is 167 Å². The van der Waals surface area contributed by atoms with Gasteiger partial charge in [0.05, 0.1) is 13.2 Å². The molecular weight excluding hydrogens is 384 g/mol. The smallest absolute Gasteiger partial charge is 0.289 e. The van der Waals surface area contributed by atoms with E-state index in [1.807, 2.05) is 6.92 Å². The molecule has 1 unspecified atom stereocenters. The largest absolute Gasteiger partial charge is 0.493 e. The molecule has 3 N–H and O–H groups in total. The van der Waals surface area contributed by atoms with E-state index in [9.17, 15) is 8.96 Å². The third-order valence-electron chi connectivity index (χ3n) is 4.62. The van der Waals surface area contributed by atoms with Crippen molar-refractivity contribution in [1.29, 1.82) is 0 Å². The first-order valence-electron chi connectivity index (χ1n) is 10.2. The van der Waals surface area contributed by atoms with Crippen molar-refractivity contribution in [2.45, 2.75) is 71.6 Å². The van der Waals surface area contributed by atoms with E-state index in [0.717, 1.165) is 51.4 Å². The number of hydrogen-bond donors (Lipinski definition) is 3. The van der Waals surface area contributed by atoms with Crippen LogP contribution in [0.2, 0.25) is 0 Å². The average Bonchev–Trinajstić information content (AvgIpc) is 2.68. The molecule has 1 aromatic carbocycles. The Hall–Kier alpha value is -1.14. The van der Waals surface area contributed by atoms with Crippen molar-refractivity contribution in [3.63, 3.8) is 0 Å². The van der Waals surface area contributed by atoms with Gasteiger partial charge in [0.1, 0.15) is 5.75 Å². The van der Waals surface area contributed by atoms with E-state index in [-0.39, 0.29) is 17.7 Å². The van der Waals surface area contributed by atoms with Crippen LogP contribution in [0.5, 0.6) is 11.5 Å². The lowest BCUT2D eigenvalue weighted by atomic mass is 10.1. The van der Waals surface area contributed by atoms with Gasteiger partial charge >= 0.3 is 0 Å². The summed E-state index contributed by atoms with van der Waals surface area (Å²) < 4.78 is 36.2. The summed E-state index contributed by atoms with van der Waals surface area (Å²) in [6.45, 7) is 4.54. The summed E-state index contributed by atoms with van der Waals surface area (Å²) in [5, 5.41) is 9.96. The van der Waals surface area contributed by atoms with Gasteiger partial charge in [0.15, 0.2) is 11.6 Å². The standard InChI is InChI=1S/C20H35FNO5P/c1-3-26-19-14-13-18(17(2)20(19)21)27-15-11-9-7-5-4-6-8-10-12-16-28(24,25)22-23/h13-14,23H,3-12,15-16H2,1-2H3,(H2,22,24,25). The van der Waals surface area contributed by atoms with Crippen LogP contribution in [0.1, 0.15) is 70.3 Å².